The van der Waals surface area contributed by atoms with Crippen molar-refractivity contribution in [3.05, 3.63) is 104 Å². The monoisotopic (exact) mass is 509 g/mol. The van der Waals surface area contributed by atoms with Gasteiger partial charge in [0.2, 0.25) is 0 Å². The van der Waals surface area contributed by atoms with Gasteiger partial charge in [0.1, 0.15) is 0 Å². The lowest BCUT2D eigenvalue weighted by atomic mass is 10.1. The van der Waals surface area contributed by atoms with E-state index in [-0.39, 0.29) is 23.6 Å². The van der Waals surface area contributed by atoms with Gasteiger partial charge in [0.25, 0.3) is 5.56 Å². The van der Waals surface area contributed by atoms with E-state index in [1.165, 1.54) is 37.0 Å². The molecule has 0 spiro atoms. The molecule has 0 unspecified atom stereocenters. The van der Waals surface area contributed by atoms with E-state index >= 15 is 0 Å². The van der Waals surface area contributed by atoms with Crippen molar-refractivity contribution in [2.24, 2.45) is 0 Å². The second-order valence-corrected chi connectivity index (χ2v) is 8.36. The van der Waals surface area contributed by atoms with E-state index in [0.29, 0.717) is 17.1 Å². The van der Waals surface area contributed by atoms with Crippen LogP contribution in [0.1, 0.15) is 24.2 Å². The lowest BCUT2D eigenvalue weighted by molar-refractivity contribution is -0.137. The van der Waals surface area contributed by atoms with Gasteiger partial charge in [0.15, 0.2) is 5.69 Å². The molecule has 2 aromatic carbocycles. The lowest BCUT2D eigenvalue weighted by Gasteiger charge is -2.21. The number of methoxy groups -OCH3 is 1. The second kappa shape index (κ2) is 9.91. The molecular formula is C26H22F3N5O3. The van der Waals surface area contributed by atoms with Crippen LogP contribution in [-0.2, 0) is 10.9 Å². The van der Waals surface area contributed by atoms with Crippen LogP contribution in [-0.4, -0.2) is 32.6 Å². The van der Waals surface area contributed by atoms with E-state index in [4.69, 9.17) is 11.3 Å². The first-order valence-electron chi connectivity index (χ1n) is 11.2. The van der Waals surface area contributed by atoms with Gasteiger partial charge in [-0.3, -0.25) is 13.9 Å². The third kappa shape index (κ3) is 4.71. The number of ether oxygens (including phenoxy) is 1. The first-order valence-corrected chi connectivity index (χ1v) is 11.2. The highest BCUT2D eigenvalue weighted by atomic mass is 19.4. The Labute approximate surface area is 209 Å². The summed E-state index contributed by atoms with van der Waals surface area (Å²) in [5, 5.41) is 4.31. The van der Waals surface area contributed by atoms with Crippen molar-refractivity contribution >= 4 is 5.69 Å². The molecule has 0 amide bonds. The number of rotatable bonds is 6. The molecule has 0 N–H and O–H groups in total. The van der Waals surface area contributed by atoms with Crippen LogP contribution in [0.25, 0.3) is 27.5 Å². The number of alkyl halides is 3. The molecule has 0 aliphatic carbocycles. The van der Waals surface area contributed by atoms with Crippen molar-refractivity contribution in [1.29, 1.82) is 0 Å². The Bertz CT molecular complexity index is 1610. The first kappa shape index (κ1) is 25.7. The molecule has 0 aliphatic heterocycles. The van der Waals surface area contributed by atoms with Gasteiger partial charge in [-0.25, -0.2) is 14.3 Å². The van der Waals surface area contributed by atoms with Crippen LogP contribution in [0.4, 0.5) is 18.9 Å². The molecule has 190 valence electrons. The highest BCUT2D eigenvalue weighted by Crippen LogP contribution is 2.31. The van der Waals surface area contributed by atoms with E-state index in [2.05, 4.69) is 9.94 Å². The van der Waals surface area contributed by atoms with Crippen LogP contribution in [0.15, 0.2) is 70.4 Å². The summed E-state index contributed by atoms with van der Waals surface area (Å²) in [7, 11) is 1.42. The molecule has 2 heterocycles. The predicted molar refractivity (Wildman–Crippen MR) is 131 cm³/mol. The summed E-state index contributed by atoms with van der Waals surface area (Å²) in [4.78, 5) is 30.7. The normalized spacial score (nSPS) is 12.4. The van der Waals surface area contributed by atoms with E-state index in [9.17, 15) is 22.8 Å². The van der Waals surface area contributed by atoms with Crippen molar-refractivity contribution in [1.82, 2.24) is 18.9 Å². The number of hydrogen-bond acceptors (Lipinski definition) is 4. The Morgan fingerprint density at radius 3 is 2.41 bits per heavy atom. The summed E-state index contributed by atoms with van der Waals surface area (Å²) in [6, 6.07) is 11.8. The molecule has 8 nitrogen and oxygen atoms in total. The fraction of sp³-hybridized carbons (Fsp3) is 0.231. The van der Waals surface area contributed by atoms with Gasteiger partial charge in [-0.1, -0.05) is 18.2 Å². The van der Waals surface area contributed by atoms with Gasteiger partial charge in [0, 0.05) is 12.8 Å². The van der Waals surface area contributed by atoms with Gasteiger partial charge in [-0.2, -0.15) is 18.3 Å². The van der Waals surface area contributed by atoms with Crippen molar-refractivity contribution in [3.8, 4) is 22.6 Å². The molecule has 0 saturated heterocycles. The Morgan fingerprint density at radius 2 is 1.78 bits per heavy atom. The summed E-state index contributed by atoms with van der Waals surface area (Å²) < 4.78 is 49.1. The summed E-state index contributed by atoms with van der Waals surface area (Å²) in [6.45, 7) is 10.3. The van der Waals surface area contributed by atoms with Crippen LogP contribution in [0.5, 0.6) is 0 Å². The average Bonchev–Trinajstić information content (AvgIpc) is 3.33. The SMILES string of the molecule is [C-]#[N+]c1ccc(-n2nccc2-c2c(C)n(-c3cccc(C(F)(F)F)c3)c(=O)n([C@H](C)COC)c2=O)cc1. The average molecular weight is 509 g/mol. The van der Waals surface area contributed by atoms with Gasteiger partial charge in [-0.15, -0.1) is 0 Å². The molecule has 4 rings (SSSR count). The molecule has 2 aromatic heterocycles. The smallest absolute Gasteiger partial charge is 0.383 e. The molecular weight excluding hydrogens is 487 g/mol. The number of benzene rings is 2. The molecule has 11 heteroatoms. The number of halogens is 3. The third-order valence-electron chi connectivity index (χ3n) is 5.93. The lowest BCUT2D eigenvalue weighted by Crippen LogP contribution is -2.44. The summed E-state index contributed by atoms with van der Waals surface area (Å²) >= 11 is 0. The minimum atomic E-state index is -4.62. The predicted octanol–water partition coefficient (Wildman–Crippen LogP) is 4.94. The minimum Gasteiger partial charge on any atom is -0.383 e. The Kier molecular flexibility index (Phi) is 6.87. The van der Waals surface area contributed by atoms with Gasteiger partial charge in [-0.05, 0) is 50.2 Å². The Hall–Kier alpha value is -4.43. The topological polar surface area (TPSA) is 75.4 Å². The molecule has 4 aromatic rings. The minimum absolute atomic E-state index is 0.0254. The summed E-state index contributed by atoms with van der Waals surface area (Å²) in [5.41, 5.74) is -0.840. The molecule has 37 heavy (non-hydrogen) atoms. The van der Waals surface area contributed by atoms with Gasteiger partial charge < -0.3 is 4.74 Å². The van der Waals surface area contributed by atoms with Crippen LogP contribution in [0, 0.1) is 13.5 Å². The van der Waals surface area contributed by atoms with Crippen molar-refractivity contribution < 1.29 is 17.9 Å². The number of aromatic nitrogens is 4. The van der Waals surface area contributed by atoms with Gasteiger partial charge >= 0.3 is 11.9 Å². The molecule has 0 fully saturated rings. The fourth-order valence-electron chi connectivity index (χ4n) is 4.22. The van der Waals surface area contributed by atoms with Crippen molar-refractivity contribution in [2.75, 3.05) is 13.7 Å². The van der Waals surface area contributed by atoms with E-state index in [1.54, 1.807) is 37.3 Å². The van der Waals surface area contributed by atoms with E-state index < -0.39 is 29.0 Å². The fourth-order valence-corrected chi connectivity index (χ4v) is 4.22. The van der Waals surface area contributed by atoms with E-state index in [1.807, 2.05) is 0 Å². The maximum Gasteiger partial charge on any atom is 0.416 e. The van der Waals surface area contributed by atoms with Crippen LogP contribution >= 0.6 is 0 Å². The standard InChI is InChI=1S/C26H22F3N5O3/c1-16(15-37-4)32-24(35)23(22-12-13-31-34(22)20-10-8-19(30-3)9-11-20)17(2)33(25(32)36)21-7-5-6-18(14-21)26(27,28)29/h5-14,16H,15H2,1-2,4H3/t16-/m1/s1. The zero-order valence-electron chi connectivity index (χ0n) is 20.2. The van der Waals surface area contributed by atoms with Crippen LogP contribution in [0.2, 0.25) is 0 Å². The zero-order chi connectivity index (χ0) is 26.9. The number of nitrogens with zero attached hydrogens (tertiary/aromatic N) is 5. The summed E-state index contributed by atoms with van der Waals surface area (Å²) in [5.74, 6) is 0. The Balaban J connectivity index is 2.05. The number of hydrogen-bond donors (Lipinski definition) is 0. The van der Waals surface area contributed by atoms with Crippen molar-refractivity contribution in [3.63, 3.8) is 0 Å². The molecule has 0 bridgehead atoms. The molecule has 0 aliphatic rings. The van der Waals surface area contributed by atoms with Crippen molar-refractivity contribution in [2.45, 2.75) is 26.1 Å². The largest absolute Gasteiger partial charge is 0.416 e. The van der Waals surface area contributed by atoms with Crippen LogP contribution < -0.4 is 11.2 Å². The quantitative estimate of drug-likeness (QED) is 0.345. The van der Waals surface area contributed by atoms with Gasteiger partial charge in [0.05, 0.1) is 53.6 Å². The molecule has 1 atom stereocenters. The zero-order valence-corrected chi connectivity index (χ0v) is 20.2. The summed E-state index contributed by atoms with van der Waals surface area (Å²) in [6.07, 6.45) is -3.15. The molecule has 0 saturated carbocycles. The molecule has 0 radical (unpaired) electrons. The first-order chi connectivity index (χ1) is 17.6. The van der Waals surface area contributed by atoms with Crippen LogP contribution in [0.3, 0.4) is 0 Å². The highest BCUT2D eigenvalue weighted by molar-refractivity contribution is 5.65. The second-order valence-electron chi connectivity index (χ2n) is 8.36. The maximum atomic E-state index is 13.8. The van der Waals surface area contributed by atoms with E-state index in [0.717, 1.165) is 21.3 Å². The third-order valence-corrected chi connectivity index (χ3v) is 5.93. The highest BCUT2D eigenvalue weighted by Gasteiger charge is 2.31. The Morgan fingerprint density at radius 1 is 1.08 bits per heavy atom. The maximum absolute atomic E-state index is 13.8.